The molecule has 1 N–H and O–H groups in total. The zero-order chi connectivity index (χ0) is 22.6. The van der Waals surface area contributed by atoms with E-state index in [1.54, 1.807) is 24.3 Å². The van der Waals surface area contributed by atoms with E-state index in [1.165, 1.54) is 36.6 Å². The largest absolute Gasteiger partial charge is 0.459 e. The molecule has 1 amide bonds. The molecular weight excluding hydrogens is 433 g/mol. The first-order chi connectivity index (χ1) is 15.4. The number of hydrogen-bond donors (Lipinski definition) is 1. The lowest BCUT2D eigenvalue weighted by molar-refractivity contribution is 0.0483. The van der Waals surface area contributed by atoms with E-state index in [0.29, 0.717) is 26.1 Å². The second-order valence-electron chi connectivity index (χ2n) is 7.93. The van der Waals surface area contributed by atoms with Gasteiger partial charge < -0.3 is 14.5 Å². The van der Waals surface area contributed by atoms with E-state index < -0.39 is 21.2 Å². The van der Waals surface area contributed by atoms with Crippen LogP contribution in [0.3, 0.4) is 0 Å². The highest BCUT2D eigenvalue weighted by Crippen LogP contribution is 2.34. The summed E-state index contributed by atoms with van der Waals surface area (Å²) in [5, 5.41) is 2.87. The number of rotatable bonds is 7. The van der Waals surface area contributed by atoms with Crippen molar-refractivity contribution in [2.45, 2.75) is 28.9 Å². The average Bonchev–Trinajstić information content (AvgIpc) is 3.26. The van der Waals surface area contributed by atoms with Gasteiger partial charge >= 0.3 is 0 Å². The highest BCUT2D eigenvalue weighted by Gasteiger charge is 2.35. The third-order valence-electron chi connectivity index (χ3n) is 5.88. The van der Waals surface area contributed by atoms with E-state index >= 15 is 0 Å². The van der Waals surface area contributed by atoms with Crippen LogP contribution in [0.5, 0.6) is 0 Å². The van der Waals surface area contributed by atoms with E-state index in [2.05, 4.69) is 5.32 Å². The van der Waals surface area contributed by atoms with E-state index in [-0.39, 0.29) is 34.3 Å². The second-order valence-corrected chi connectivity index (χ2v) is 9.92. The number of furan rings is 1. The molecule has 2 aromatic carbocycles. The normalized spacial score (nSPS) is 15.9. The van der Waals surface area contributed by atoms with Gasteiger partial charge in [-0.15, -0.1) is 0 Å². The van der Waals surface area contributed by atoms with Gasteiger partial charge in [-0.25, -0.2) is 12.8 Å². The molecular formula is C24H24FNO5S. The number of sulfone groups is 1. The summed E-state index contributed by atoms with van der Waals surface area (Å²) in [6.07, 6.45) is 2.57. The Morgan fingerprint density at radius 2 is 1.78 bits per heavy atom. The molecule has 4 rings (SSSR count). The first-order valence-electron chi connectivity index (χ1n) is 10.4. The summed E-state index contributed by atoms with van der Waals surface area (Å²) in [5.41, 5.74) is 0.615. The van der Waals surface area contributed by atoms with Crippen LogP contribution >= 0.6 is 0 Å². The van der Waals surface area contributed by atoms with Crippen molar-refractivity contribution in [3.63, 3.8) is 0 Å². The number of carbonyl (C=O) groups excluding carboxylic acids is 1. The maximum absolute atomic E-state index is 13.9. The molecule has 32 heavy (non-hydrogen) atoms. The van der Waals surface area contributed by atoms with Gasteiger partial charge in [-0.05, 0) is 48.7 Å². The van der Waals surface area contributed by atoms with Crippen molar-refractivity contribution >= 4 is 15.7 Å². The molecule has 6 nitrogen and oxygen atoms in total. The Labute approximate surface area is 186 Å². The Kier molecular flexibility index (Phi) is 6.43. The molecule has 0 unspecified atom stereocenters. The Morgan fingerprint density at radius 1 is 1.03 bits per heavy atom. The Bertz CT molecular complexity index is 1180. The minimum absolute atomic E-state index is 0.0362. The van der Waals surface area contributed by atoms with Gasteiger partial charge in [0.05, 0.1) is 16.9 Å². The zero-order valence-corrected chi connectivity index (χ0v) is 18.2. The fourth-order valence-electron chi connectivity index (χ4n) is 4.04. The van der Waals surface area contributed by atoms with Gasteiger partial charge in [-0.3, -0.25) is 4.79 Å². The lowest BCUT2D eigenvalue weighted by atomic mass is 9.74. The van der Waals surface area contributed by atoms with Crippen molar-refractivity contribution < 1.29 is 26.8 Å². The number of nitrogens with one attached hydrogen (secondary N) is 1. The molecule has 1 fully saturated rings. The summed E-state index contributed by atoms with van der Waals surface area (Å²) in [6.45, 7) is 1.27. The van der Waals surface area contributed by atoms with Crippen molar-refractivity contribution in [1.82, 2.24) is 5.32 Å². The third kappa shape index (κ3) is 4.76. The number of ether oxygens (including phenoxy) is 1. The van der Waals surface area contributed by atoms with E-state index in [1.807, 2.05) is 6.07 Å². The fourth-order valence-corrected chi connectivity index (χ4v) is 5.42. The summed E-state index contributed by atoms with van der Waals surface area (Å²) in [4.78, 5) is 13.1. The lowest BCUT2D eigenvalue weighted by Crippen LogP contribution is -2.44. The van der Waals surface area contributed by atoms with Crippen LogP contribution in [0.15, 0.2) is 76.2 Å². The molecule has 0 aliphatic carbocycles. The molecule has 2 heterocycles. The van der Waals surface area contributed by atoms with Gasteiger partial charge in [-0.1, -0.05) is 30.3 Å². The molecule has 0 saturated carbocycles. The smallest absolute Gasteiger partial charge is 0.287 e. The van der Waals surface area contributed by atoms with Gasteiger partial charge in [0.2, 0.25) is 0 Å². The van der Waals surface area contributed by atoms with Crippen molar-refractivity contribution in [2.24, 2.45) is 0 Å². The second kappa shape index (κ2) is 9.26. The van der Waals surface area contributed by atoms with Crippen molar-refractivity contribution in [1.29, 1.82) is 0 Å². The number of benzene rings is 2. The number of amides is 1. The lowest BCUT2D eigenvalue weighted by Gasteiger charge is -2.37. The van der Waals surface area contributed by atoms with Crippen LogP contribution in [0, 0.1) is 5.82 Å². The minimum Gasteiger partial charge on any atom is -0.459 e. The highest BCUT2D eigenvalue weighted by molar-refractivity contribution is 7.90. The van der Waals surface area contributed by atoms with Gasteiger partial charge in [0.15, 0.2) is 15.6 Å². The molecule has 168 valence electrons. The van der Waals surface area contributed by atoms with Crippen LogP contribution in [0.25, 0.3) is 0 Å². The maximum atomic E-state index is 13.9. The quantitative estimate of drug-likeness (QED) is 0.582. The van der Waals surface area contributed by atoms with E-state index in [4.69, 9.17) is 9.15 Å². The van der Waals surface area contributed by atoms with Crippen molar-refractivity contribution in [3.05, 3.63) is 89.6 Å². The van der Waals surface area contributed by atoms with Gasteiger partial charge in [0.25, 0.3) is 5.91 Å². The monoisotopic (exact) mass is 457 g/mol. The van der Waals surface area contributed by atoms with Gasteiger partial charge in [-0.2, -0.15) is 0 Å². The molecule has 3 aromatic rings. The molecule has 1 aliphatic rings. The SMILES string of the molecule is O=C(NCC1(c2cccc(F)c2)CCOCC1)c1occc1CS(=O)(=O)c1ccccc1. The predicted molar refractivity (Wildman–Crippen MR) is 117 cm³/mol. The summed E-state index contributed by atoms with van der Waals surface area (Å²) in [7, 11) is -3.63. The van der Waals surface area contributed by atoms with Crippen LogP contribution in [-0.2, 0) is 25.7 Å². The van der Waals surface area contributed by atoms with Crippen LogP contribution in [-0.4, -0.2) is 34.1 Å². The molecule has 1 aromatic heterocycles. The van der Waals surface area contributed by atoms with Crippen LogP contribution in [0.1, 0.15) is 34.5 Å². The van der Waals surface area contributed by atoms with Crippen LogP contribution in [0.2, 0.25) is 0 Å². The molecule has 1 aliphatic heterocycles. The summed E-state index contributed by atoms with van der Waals surface area (Å²) in [6, 6.07) is 15.9. The number of halogens is 1. The topological polar surface area (TPSA) is 85.6 Å². The summed E-state index contributed by atoms with van der Waals surface area (Å²) in [5.74, 6) is -1.22. The highest BCUT2D eigenvalue weighted by atomic mass is 32.2. The molecule has 1 saturated heterocycles. The Hall–Kier alpha value is -2.97. The maximum Gasteiger partial charge on any atom is 0.287 e. The van der Waals surface area contributed by atoms with Crippen molar-refractivity contribution in [2.75, 3.05) is 19.8 Å². The molecule has 0 radical (unpaired) electrons. The Balaban J connectivity index is 1.52. The fraction of sp³-hybridized carbons (Fsp3) is 0.292. The summed E-state index contributed by atoms with van der Waals surface area (Å²) >= 11 is 0. The molecule has 8 heteroatoms. The predicted octanol–water partition coefficient (Wildman–Crippen LogP) is 3.87. The first kappa shape index (κ1) is 22.2. The van der Waals surface area contributed by atoms with E-state index in [0.717, 1.165) is 5.56 Å². The molecule has 0 spiro atoms. The van der Waals surface area contributed by atoms with Crippen LogP contribution in [0.4, 0.5) is 4.39 Å². The molecule has 0 atom stereocenters. The van der Waals surface area contributed by atoms with Crippen LogP contribution < -0.4 is 5.32 Å². The van der Waals surface area contributed by atoms with E-state index in [9.17, 15) is 17.6 Å². The standard InChI is InChI=1S/C24H24FNO5S/c25-20-6-4-5-19(15-20)24(10-13-30-14-11-24)17-26-23(27)22-18(9-12-31-22)16-32(28,29)21-7-2-1-3-8-21/h1-9,12,15H,10-11,13-14,16-17H2,(H,26,27). The first-order valence-corrected chi connectivity index (χ1v) is 12.0. The minimum atomic E-state index is -3.63. The molecule has 0 bridgehead atoms. The van der Waals surface area contributed by atoms with Crippen molar-refractivity contribution in [3.8, 4) is 0 Å². The zero-order valence-electron chi connectivity index (χ0n) is 17.4. The number of hydrogen-bond acceptors (Lipinski definition) is 5. The number of carbonyl (C=O) groups is 1. The summed E-state index contributed by atoms with van der Waals surface area (Å²) < 4.78 is 50.1. The third-order valence-corrected chi connectivity index (χ3v) is 7.56. The Morgan fingerprint density at radius 3 is 2.50 bits per heavy atom. The van der Waals surface area contributed by atoms with Gasteiger partial charge in [0, 0.05) is 30.7 Å². The van der Waals surface area contributed by atoms with Gasteiger partial charge in [0.1, 0.15) is 5.82 Å². The average molecular weight is 458 g/mol.